The zero-order valence-corrected chi connectivity index (χ0v) is 10.4. The largest absolute Gasteiger partial charge is 0.354 e. The molecule has 0 fully saturated rings. The lowest BCUT2D eigenvalue weighted by atomic mass is 10.3. The number of halogens is 1. The van der Waals surface area contributed by atoms with Crippen LogP contribution in [0.1, 0.15) is 0 Å². The monoisotopic (exact) mass is 285 g/mol. The van der Waals surface area contributed by atoms with Crippen molar-refractivity contribution in [2.24, 2.45) is 4.99 Å². The number of aliphatic imine (C=N–C) groups is 1. The van der Waals surface area contributed by atoms with Crippen LogP contribution in [-0.4, -0.2) is 12.4 Å². The Kier molecular flexibility index (Phi) is 3.59. The summed E-state index contributed by atoms with van der Waals surface area (Å²) in [5, 5.41) is 11.9. The van der Waals surface area contributed by atoms with Crippen LogP contribution >= 0.6 is 15.9 Å². The molecule has 1 heterocycles. The Morgan fingerprint density at radius 2 is 2.12 bits per heavy atom. The van der Waals surface area contributed by atoms with Gasteiger partial charge < -0.3 is 5.32 Å². The Labute approximate surface area is 108 Å². The van der Waals surface area contributed by atoms with Crippen molar-refractivity contribution < 1.29 is 0 Å². The molecule has 3 nitrogen and oxygen atoms in total. The quantitative estimate of drug-likeness (QED) is 0.850. The van der Waals surface area contributed by atoms with Gasteiger partial charge in [-0.15, -0.1) is 0 Å². The van der Waals surface area contributed by atoms with Gasteiger partial charge in [0.05, 0.1) is 5.57 Å². The Balaban J connectivity index is 2.09. The summed E-state index contributed by atoms with van der Waals surface area (Å²) in [7, 11) is 0. The van der Waals surface area contributed by atoms with Gasteiger partial charge >= 0.3 is 0 Å². The van der Waals surface area contributed by atoms with Gasteiger partial charge in [0.15, 0.2) is 6.17 Å². The van der Waals surface area contributed by atoms with Crippen LogP contribution in [0.15, 0.2) is 45.4 Å². The molecule has 0 saturated carbocycles. The molecule has 0 aromatic heterocycles. The van der Waals surface area contributed by atoms with Gasteiger partial charge in [0.2, 0.25) is 0 Å². The number of rotatable bonds is 2. The molecule has 82 valence electrons. The molecule has 2 rings (SSSR count). The fraction of sp³-hybridized carbons (Fsp3) is 0.0769. The van der Waals surface area contributed by atoms with Gasteiger partial charge in [-0.3, -0.25) is 4.99 Å². The molecule has 4 heteroatoms. The van der Waals surface area contributed by atoms with Crippen molar-refractivity contribution in [2.75, 3.05) is 5.32 Å². The molecule has 1 aliphatic rings. The zero-order chi connectivity index (χ0) is 12.1. The van der Waals surface area contributed by atoms with Crippen LogP contribution in [0.3, 0.4) is 0 Å². The van der Waals surface area contributed by atoms with Gasteiger partial charge in [-0.1, -0.05) is 21.9 Å². The van der Waals surface area contributed by atoms with E-state index in [1.807, 2.05) is 30.3 Å². The first-order valence-electron chi connectivity index (χ1n) is 4.94. The summed E-state index contributed by atoms with van der Waals surface area (Å²) in [5.74, 6) is 5.71. The van der Waals surface area contributed by atoms with Gasteiger partial charge in [-0.05, 0) is 30.2 Å². The molecule has 0 spiro atoms. The van der Waals surface area contributed by atoms with Gasteiger partial charge in [-0.25, -0.2) is 0 Å². The Hall–Kier alpha value is -2.04. The second kappa shape index (κ2) is 5.34. The fourth-order valence-corrected chi connectivity index (χ4v) is 1.53. The van der Waals surface area contributed by atoms with E-state index in [1.54, 1.807) is 6.08 Å². The second-order valence-corrected chi connectivity index (χ2v) is 4.25. The fourth-order valence-electron chi connectivity index (χ4n) is 1.27. The van der Waals surface area contributed by atoms with Crippen molar-refractivity contribution in [2.45, 2.75) is 6.17 Å². The van der Waals surface area contributed by atoms with Crippen LogP contribution in [0.4, 0.5) is 5.69 Å². The topological polar surface area (TPSA) is 48.2 Å². The Morgan fingerprint density at radius 1 is 1.35 bits per heavy atom. The summed E-state index contributed by atoms with van der Waals surface area (Å²) in [4.78, 5) is 4.18. The van der Waals surface area contributed by atoms with Crippen LogP contribution < -0.4 is 5.32 Å². The summed E-state index contributed by atoms with van der Waals surface area (Å²) in [6.07, 6.45) is 2.76. The number of nitrogens with one attached hydrogen (secondary N) is 1. The lowest BCUT2D eigenvalue weighted by Crippen LogP contribution is -2.14. The van der Waals surface area contributed by atoms with E-state index < -0.39 is 0 Å². The molecule has 17 heavy (non-hydrogen) atoms. The Morgan fingerprint density at radius 3 is 2.82 bits per heavy atom. The second-order valence-electron chi connectivity index (χ2n) is 3.33. The van der Waals surface area contributed by atoms with E-state index in [1.165, 1.54) is 6.21 Å². The van der Waals surface area contributed by atoms with Crippen molar-refractivity contribution in [3.8, 4) is 17.9 Å². The molecule has 1 aromatic carbocycles. The van der Waals surface area contributed by atoms with Crippen molar-refractivity contribution in [3.05, 3.63) is 40.4 Å². The van der Waals surface area contributed by atoms with E-state index in [0.717, 1.165) is 10.2 Å². The van der Waals surface area contributed by atoms with Crippen molar-refractivity contribution >= 4 is 27.8 Å². The summed E-state index contributed by atoms with van der Waals surface area (Å²) < 4.78 is 1.02. The normalized spacial score (nSPS) is 17.2. The maximum Gasteiger partial charge on any atom is 0.181 e. The molecule has 1 unspecified atom stereocenters. The summed E-state index contributed by atoms with van der Waals surface area (Å²) in [6, 6.07) is 9.76. The van der Waals surface area contributed by atoms with E-state index >= 15 is 0 Å². The maximum atomic E-state index is 8.72. The average molecular weight is 286 g/mol. The molecular formula is C13H8BrN3. The van der Waals surface area contributed by atoms with Gasteiger partial charge in [0.25, 0.3) is 0 Å². The van der Waals surface area contributed by atoms with Gasteiger partial charge in [-0.2, -0.15) is 5.26 Å². The van der Waals surface area contributed by atoms with E-state index in [2.05, 4.69) is 38.1 Å². The number of hydrogen-bond donors (Lipinski definition) is 1. The highest BCUT2D eigenvalue weighted by atomic mass is 79.9. The van der Waals surface area contributed by atoms with Gasteiger partial charge in [0, 0.05) is 22.5 Å². The van der Waals surface area contributed by atoms with Crippen molar-refractivity contribution in [3.63, 3.8) is 0 Å². The molecule has 0 amide bonds. The molecule has 0 aliphatic carbocycles. The predicted molar refractivity (Wildman–Crippen MR) is 71.5 cm³/mol. The smallest absolute Gasteiger partial charge is 0.181 e. The maximum absolute atomic E-state index is 8.72. The third-order valence-corrected chi connectivity index (χ3v) is 2.62. The number of nitrogens with zero attached hydrogens (tertiary/aromatic N) is 2. The van der Waals surface area contributed by atoms with Crippen molar-refractivity contribution in [1.82, 2.24) is 0 Å². The molecule has 1 aromatic rings. The summed E-state index contributed by atoms with van der Waals surface area (Å²) >= 11 is 3.37. The molecule has 0 bridgehead atoms. The minimum Gasteiger partial charge on any atom is -0.354 e. The molecule has 0 saturated heterocycles. The highest BCUT2D eigenvalue weighted by Gasteiger charge is 2.03. The standard InChI is InChI=1S/C13H8BrN3/c14-11-4-6-12(7-5-11)17-13-3-1-2-10(8-15)9-16-13/h2,4-7,9,13,17H. The van der Waals surface area contributed by atoms with Crippen LogP contribution in [0.5, 0.6) is 0 Å². The zero-order valence-electron chi connectivity index (χ0n) is 8.81. The number of allylic oxidation sites excluding steroid dienone is 2. The highest BCUT2D eigenvalue weighted by molar-refractivity contribution is 9.10. The lowest BCUT2D eigenvalue weighted by molar-refractivity contribution is 0.983. The first-order chi connectivity index (χ1) is 8.28. The van der Waals surface area contributed by atoms with E-state index in [9.17, 15) is 0 Å². The third-order valence-electron chi connectivity index (χ3n) is 2.09. The van der Waals surface area contributed by atoms with Crippen LogP contribution in [0.2, 0.25) is 0 Å². The van der Waals surface area contributed by atoms with Crippen LogP contribution in [-0.2, 0) is 0 Å². The molecule has 1 atom stereocenters. The average Bonchev–Trinajstić information content (AvgIpc) is 2.57. The first-order valence-corrected chi connectivity index (χ1v) is 5.74. The molecule has 0 radical (unpaired) electrons. The minimum absolute atomic E-state index is 0.321. The minimum atomic E-state index is -0.321. The summed E-state index contributed by atoms with van der Waals surface area (Å²) in [5.41, 5.74) is 1.41. The van der Waals surface area contributed by atoms with E-state index in [4.69, 9.17) is 5.26 Å². The highest BCUT2D eigenvalue weighted by Crippen LogP contribution is 2.15. The first kappa shape index (κ1) is 11.4. The van der Waals surface area contributed by atoms with Gasteiger partial charge in [0.1, 0.15) is 6.07 Å². The molecular weight excluding hydrogens is 278 g/mol. The predicted octanol–water partition coefficient (Wildman–Crippen LogP) is 2.72. The SMILES string of the molecule is N#CC1=CC#CC(Nc2ccc(Br)cc2)N=C1. The number of hydrogen-bond acceptors (Lipinski definition) is 3. The molecule has 1 N–H and O–H groups in total. The third kappa shape index (κ3) is 3.21. The number of anilines is 1. The van der Waals surface area contributed by atoms with Crippen LogP contribution in [0, 0.1) is 23.2 Å². The molecule has 1 aliphatic heterocycles. The number of nitriles is 1. The number of benzene rings is 1. The Bertz CT molecular complexity index is 567. The van der Waals surface area contributed by atoms with E-state index in [-0.39, 0.29) is 6.17 Å². The lowest BCUT2D eigenvalue weighted by Gasteiger charge is -2.09. The van der Waals surface area contributed by atoms with E-state index in [0.29, 0.717) is 5.57 Å². The van der Waals surface area contributed by atoms with Crippen molar-refractivity contribution in [1.29, 1.82) is 5.26 Å². The van der Waals surface area contributed by atoms with Crippen LogP contribution in [0.25, 0.3) is 0 Å². The summed E-state index contributed by atoms with van der Waals surface area (Å²) in [6.45, 7) is 0.